The number of furan rings is 1. The van der Waals surface area contributed by atoms with E-state index in [1.54, 1.807) is 36.1 Å². The van der Waals surface area contributed by atoms with Gasteiger partial charge in [-0.2, -0.15) is 0 Å². The van der Waals surface area contributed by atoms with Crippen molar-refractivity contribution in [1.82, 2.24) is 4.90 Å². The number of likely N-dealkylation sites (tertiary alicyclic amines) is 1. The lowest BCUT2D eigenvalue weighted by molar-refractivity contribution is -0.158. The fourth-order valence-electron chi connectivity index (χ4n) is 2.98. The minimum absolute atomic E-state index is 0.181. The molecule has 148 valence electrons. The Kier molecular flexibility index (Phi) is 6.51. The Morgan fingerprint density at radius 3 is 2.46 bits per heavy atom. The molecular weight excluding hydrogens is 428 g/mol. The van der Waals surface area contributed by atoms with Gasteiger partial charge in [-0.3, -0.25) is 14.4 Å². The molecule has 0 aliphatic carbocycles. The number of piperidine rings is 1. The predicted octanol–water partition coefficient (Wildman–Crippen LogP) is 3.46. The Morgan fingerprint density at radius 1 is 1.18 bits per heavy atom. The number of hydrogen-bond donors (Lipinski definition) is 1. The summed E-state index contributed by atoms with van der Waals surface area (Å²) in [4.78, 5) is 38.5. The summed E-state index contributed by atoms with van der Waals surface area (Å²) in [6.45, 7) is 2.43. The van der Waals surface area contributed by atoms with E-state index in [4.69, 9.17) is 9.15 Å². The van der Waals surface area contributed by atoms with Gasteiger partial charge in [-0.1, -0.05) is 15.9 Å². The van der Waals surface area contributed by atoms with Crippen LogP contribution in [-0.4, -0.2) is 41.9 Å². The summed E-state index contributed by atoms with van der Waals surface area (Å²) in [7, 11) is 0. The largest absolute Gasteiger partial charge is 0.459 e. The molecule has 1 N–H and O–H groups in total. The third-order valence-electron chi connectivity index (χ3n) is 4.62. The molecule has 28 heavy (non-hydrogen) atoms. The molecule has 0 saturated carbocycles. The van der Waals surface area contributed by atoms with Gasteiger partial charge in [0.2, 0.25) is 0 Å². The van der Waals surface area contributed by atoms with Crippen molar-refractivity contribution in [2.75, 3.05) is 18.4 Å². The van der Waals surface area contributed by atoms with E-state index in [1.807, 2.05) is 12.1 Å². The van der Waals surface area contributed by atoms with E-state index in [-0.39, 0.29) is 17.7 Å². The van der Waals surface area contributed by atoms with Crippen LogP contribution in [0.5, 0.6) is 0 Å². The number of halogens is 1. The van der Waals surface area contributed by atoms with Crippen molar-refractivity contribution in [3.8, 4) is 0 Å². The van der Waals surface area contributed by atoms with Gasteiger partial charge < -0.3 is 19.4 Å². The van der Waals surface area contributed by atoms with Crippen molar-refractivity contribution in [3.63, 3.8) is 0 Å². The van der Waals surface area contributed by atoms with Crippen molar-refractivity contribution >= 4 is 39.4 Å². The molecule has 2 amide bonds. The van der Waals surface area contributed by atoms with Crippen molar-refractivity contribution in [1.29, 1.82) is 0 Å². The fourth-order valence-corrected chi connectivity index (χ4v) is 3.24. The van der Waals surface area contributed by atoms with Crippen molar-refractivity contribution in [2.45, 2.75) is 25.9 Å². The Morgan fingerprint density at radius 2 is 1.86 bits per heavy atom. The number of ether oxygens (including phenoxy) is 1. The lowest BCUT2D eigenvalue weighted by Gasteiger charge is -2.30. The van der Waals surface area contributed by atoms with Crippen LogP contribution >= 0.6 is 15.9 Å². The Bertz CT molecular complexity index is 827. The Hall–Kier alpha value is -2.61. The number of nitrogens with one attached hydrogen (secondary N) is 1. The molecule has 1 aromatic heterocycles. The van der Waals surface area contributed by atoms with E-state index < -0.39 is 12.1 Å². The van der Waals surface area contributed by atoms with Crippen LogP contribution in [0.1, 0.15) is 30.3 Å². The molecule has 1 atom stereocenters. The number of rotatable bonds is 5. The number of amides is 2. The van der Waals surface area contributed by atoms with E-state index in [0.717, 1.165) is 4.47 Å². The lowest BCUT2D eigenvalue weighted by Crippen LogP contribution is -2.41. The molecule has 1 aromatic carbocycles. The van der Waals surface area contributed by atoms with E-state index in [1.165, 1.54) is 6.26 Å². The molecule has 3 rings (SSSR count). The third kappa shape index (κ3) is 5.01. The van der Waals surface area contributed by atoms with Crippen LogP contribution in [0.2, 0.25) is 0 Å². The molecule has 1 aliphatic heterocycles. The van der Waals surface area contributed by atoms with Gasteiger partial charge in [0.1, 0.15) is 0 Å². The summed E-state index contributed by atoms with van der Waals surface area (Å²) in [5.74, 6) is -1.02. The second-order valence-electron chi connectivity index (χ2n) is 6.62. The van der Waals surface area contributed by atoms with E-state index in [2.05, 4.69) is 21.2 Å². The fraction of sp³-hybridized carbons (Fsp3) is 0.350. The second kappa shape index (κ2) is 9.05. The zero-order chi connectivity index (χ0) is 20.1. The highest BCUT2D eigenvalue weighted by Gasteiger charge is 2.31. The number of nitrogens with zero attached hydrogens (tertiary/aromatic N) is 1. The first kappa shape index (κ1) is 20.1. The van der Waals surface area contributed by atoms with Crippen LogP contribution in [0.4, 0.5) is 5.69 Å². The van der Waals surface area contributed by atoms with Crippen LogP contribution < -0.4 is 5.32 Å². The van der Waals surface area contributed by atoms with Gasteiger partial charge in [-0.15, -0.1) is 0 Å². The number of carbonyl (C=O) groups is 3. The van der Waals surface area contributed by atoms with E-state index in [9.17, 15) is 14.4 Å². The molecule has 8 heteroatoms. The molecule has 1 unspecified atom stereocenters. The quantitative estimate of drug-likeness (QED) is 0.707. The summed E-state index contributed by atoms with van der Waals surface area (Å²) in [5, 5.41) is 2.71. The van der Waals surface area contributed by atoms with Gasteiger partial charge >= 0.3 is 5.97 Å². The monoisotopic (exact) mass is 448 g/mol. The summed E-state index contributed by atoms with van der Waals surface area (Å²) in [5.41, 5.74) is 0.626. The van der Waals surface area contributed by atoms with Gasteiger partial charge in [0, 0.05) is 23.2 Å². The molecule has 0 spiro atoms. The topological polar surface area (TPSA) is 88.8 Å². The highest BCUT2D eigenvalue weighted by molar-refractivity contribution is 9.10. The average molecular weight is 449 g/mol. The molecule has 1 aliphatic rings. The molecule has 1 fully saturated rings. The number of esters is 1. The van der Waals surface area contributed by atoms with E-state index >= 15 is 0 Å². The second-order valence-corrected chi connectivity index (χ2v) is 7.53. The first-order valence-electron chi connectivity index (χ1n) is 9.03. The molecule has 0 radical (unpaired) electrons. The van der Waals surface area contributed by atoms with Crippen LogP contribution in [0.15, 0.2) is 51.6 Å². The van der Waals surface area contributed by atoms with Crippen molar-refractivity contribution in [3.05, 3.63) is 52.9 Å². The van der Waals surface area contributed by atoms with Crippen LogP contribution in [-0.2, 0) is 14.3 Å². The zero-order valence-corrected chi connectivity index (χ0v) is 17.0. The summed E-state index contributed by atoms with van der Waals surface area (Å²) < 4.78 is 11.4. The summed E-state index contributed by atoms with van der Waals surface area (Å²) >= 11 is 3.33. The molecule has 2 heterocycles. The number of carbonyl (C=O) groups excluding carboxylic acids is 3. The SMILES string of the molecule is CC(OC(=O)C1CCN(C(=O)c2ccco2)CC1)C(=O)Nc1ccc(Br)cc1. The predicted molar refractivity (Wildman–Crippen MR) is 106 cm³/mol. The molecule has 0 bridgehead atoms. The lowest BCUT2D eigenvalue weighted by atomic mass is 9.97. The molecule has 7 nitrogen and oxygen atoms in total. The Balaban J connectivity index is 1.46. The summed E-state index contributed by atoms with van der Waals surface area (Å²) in [6.07, 6.45) is 1.54. The van der Waals surface area contributed by atoms with Gasteiger partial charge in [0.05, 0.1) is 12.2 Å². The maximum Gasteiger partial charge on any atom is 0.309 e. The maximum atomic E-state index is 12.4. The Labute approximate surface area is 171 Å². The van der Waals surface area contributed by atoms with Gasteiger partial charge in [0.15, 0.2) is 11.9 Å². The number of hydrogen-bond acceptors (Lipinski definition) is 5. The van der Waals surface area contributed by atoms with Gasteiger partial charge in [0.25, 0.3) is 11.8 Å². The minimum atomic E-state index is -0.904. The number of anilines is 1. The van der Waals surface area contributed by atoms with Crippen molar-refractivity contribution < 1.29 is 23.5 Å². The van der Waals surface area contributed by atoms with Crippen LogP contribution in [0, 0.1) is 5.92 Å². The van der Waals surface area contributed by atoms with E-state index in [0.29, 0.717) is 37.4 Å². The first-order valence-corrected chi connectivity index (χ1v) is 9.83. The van der Waals surface area contributed by atoms with Gasteiger partial charge in [-0.25, -0.2) is 0 Å². The highest BCUT2D eigenvalue weighted by Crippen LogP contribution is 2.21. The smallest absolute Gasteiger partial charge is 0.309 e. The maximum absolute atomic E-state index is 12.4. The van der Waals surface area contributed by atoms with Crippen molar-refractivity contribution in [2.24, 2.45) is 5.92 Å². The number of benzene rings is 1. The molecule has 2 aromatic rings. The van der Waals surface area contributed by atoms with Gasteiger partial charge in [-0.05, 0) is 56.2 Å². The molecule has 1 saturated heterocycles. The normalized spacial score (nSPS) is 15.7. The summed E-state index contributed by atoms with van der Waals surface area (Å²) in [6, 6.07) is 10.4. The average Bonchev–Trinajstić information content (AvgIpc) is 3.24. The first-order chi connectivity index (χ1) is 13.4. The van der Waals surface area contributed by atoms with Crippen LogP contribution in [0.25, 0.3) is 0 Å². The zero-order valence-electron chi connectivity index (χ0n) is 15.4. The minimum Gasteiger partial charge on any atom is -0.459 e. The molecular formula is C20H21BrN2O5. The van der Waals surface area contributed by atoms with Crippen LogP contribution in [0.3, 0.4) is 0 Å². The standard InChI is InChI=1S/C20H21BrN2O5/c1-13(18(24)22-16-6-4-15(21)5-7-16)28-20(26)14-8-10-23(11-9-14)19(25)17-3-2-12-27-17/h2-7,12-14H,8-11H2,1H3,(H,22,24). The third-order valence-corrected chi connectivity index (χ3v) is 5.15. The highest BCUT2D eigenvalue weighted by atomic mass is 79.9.